The molecule has 0 bridgehead atoms. The molecule has 0 radical (unpaired) electrons. The SMILES string of the molecule is N[C@H](Cc1c[nH]c2ccccc12)C(=O)NCC1CCOC1. The lowest BCUT2D eigenvalue weighted by Gasteiger charge is -2.14. The van der Waals surface area contributed by atoms with E-state index in [-0.39, 0.29) is 5.91 Å². The van der Waals surface area contributed by atoms with Gasteiger partial charge in [0, 0.05) is 36.2 Å². The van der Waals surface area contributed by atoms with Gasteiger partial charge in [-0.25, -0.2) is 0 Å². The molecule has 2 atom stereocenters. The molecular formula is C16H21N3O2. The number of amides is 1. The Bertz CT molecular complexity index is 617. The molecule has 0 aliphatic carbocycles. The number of carbonyl (C=O) groups excluding carboxylic acids is 1. The van der Waals surface area contributed by atoms with E-state index in [0.29, 0.717) is 18.9 Å². The van der Waals surface area contributed by atoms with Crippen LogP contribution in [0.25, 0.3) is 10.9 Å². The topological polar surface area (TPSA) is 80.1 Å². The number of aromatic nitrogens is 1. The van der Waals surface area contributed by atoms with E-state index >= 15 is 0 Å². The summed E-state index contributed by atoms with van der Waals surface area (Å²) < 4.78 is 5.30. The van der Waals surface area contributed by atoms with E-state index < -0.39 is 6.04 Å². The van der Waals surface area contributed by atoms with Gasteiger partial charge in [-0.2, -0.15) is 0 Å². The van der Waals surface area contributed by atoms with Crippen molar-refractivity contribution in [2.75, 3.05) is 19.8 Å². The minimum Gasteiger partial charge on any atom is -0.381 e. The lowest BCUT2D eigenvalue weighted by atomic mass is 10.0. The fourth-order valence-corrected chi connectivity index (χ4v) is 2.75. The molecule has 112 valence electrons. The van der Waals surface area contributed by atoms with Crippen LogP contribution < -0.4 is 11.1 Å². The lowest BCUT2D eigenvalue weighted by Crippen LogP contribution is -2.43. The van der Waals surface area contributed by atoms with Gasteiger partial charge in [0.05, 0.1) is 12.6 Å². The third-order valence-corrected chi connectivity index (χ3v) is 4.04. The highest BCUT2D eigenvalue weighted by atomic mass is 16.5. The maximum atomic E-state index is 12.1. The van der Waals surface area contributed by atoms with Gasteiger partial charge >= 0.3 is 0 Å². The van der Waals surface area contributed by atoms with Gasteiger partial charge in [0.15, 0.2) is 0 Å². The largest absolute Gasteiger partial charge is 0.381 e. The number of para-hydroxylation sites is 1. The van der Waals surface area contributed by atoms with E-state index in [1.54, 1.807) is 0 Å². The molecular weight excluding hydrogens is 266 g/mol. The molecule has 2 heterocycles. The summed E-state index contributed by atoms with van der Waals surface area (Å²) in [5.74, 6) is 0.335. The van der Waals surface area contributed by atoms with Crippen molar-refractivity contribution in [1.82, 2.24) is 10.3 Å². The van der Waals surface area contributed by atoms with Gasteiger partial charge in [0.2, 0.25) is 5.91 Å². The zero-order valence-corrected chi connectivity index (χ0v) is 12.0. The number of nitrogens with two attached hydrogens (primary N) is 1. The molecule has 2 aromatic rings. The molecule has 1 aromatic heterocycles. The Labute approximate surface area is 123 Å². The van der Waals surface area contributed by atoms with Crippen LogP contribution in [-0.2, 0) is 16.0 Å². The van der Waals surface area contributed by atoms with Gasteiger partial charge in [0.1, 0.15) is 0 Å². The highest BCUT2D eigenvalue weighted by Crippen LogP contribution is 2.18. The highest BCUT2D eigenvalue weighted by molar-refractivity contribution is 5.86. The second kappa shape index (κ2) is 6.28. The predicted molar refractivity (Wildman–Crippen MR) is 81.9 cm³/mol. The van der Waals surface area contributed by atoms with Gasteiger partial charge < -0.3 is 20.8 Å². The lowest BCUT2D eigenvalue weighted by molar-refractivity contribution is -0.122. The minimum absolute atomic E-state index is 0.0906. The molecule has 5 heteroatoms. The van der Waals surface area contributed by atoms with Crippen LogP contribution in [0.2, 0.25) is 0 Å². The second-order valence-electron chi connectivity index (χ2n) is 5.64. The molecule has 1 fully saturated rings. The third-order valence-electron chi connectivity index (χ3n) is 4.04. The van der Waals surface area contributed by atoms with E-state index in [9.17, 15) is 4.79 Å². The van der Waals surface area contributed by atoms with Crippen molar-refractivity contribution in [3.05, 3.63) is 36.0 Å². The third kappa shape index (κ3) is 3.25. The molecule has 1 aromatic carbocycles. The van der Waals surface area contributed by atoms with E-state index in [4.69, 9.17) is 10.5 Å². The van der Waals surface area contributed by atoms with E-state index in [1.807, 2.05) is 30.5 Å². The van der Waals surface area contributed by atoms with Gasteiger partial charge in [-0.3, -0.25) is 4.79 Å². The Hall–Kier alpha value is -1.85. The highest BCUT2D eigenvalue weighted by Gasteiger charge is 2.20. The van der Waals surface area contributed by atoms with Crippen LogP contribution >= 0.6 is 0 Å². The van der Waals surface area contributed by atoms with Gasteiger partial charge in [0.25, 0.3) is 0 Å². The number of nitrogens with one attached hydrogen (secondary N) is 2. The number of hydrogen-bond donors (Lipinski definition) is 3. The molecule has 1 amide bonds. The average molecular weight is 287 g/mol. The second-order valence-corrected chi connectivity index (χ2v) is 5.64. The maximum absolute atomic E-state index is 12.1. The zero-order chi connectivity index (χ0) is 14.7. The monoisotopic (exact) mass is 287 g/mol. The molecule has 1 saturated heterocycles. The van der Waals surface area contributed by atoms with E-state index in [1.165, 1.54) is 0 Å². The summed E-state index contributed by atoms with van der Waals surface area (Å²) in [7, 11) is 0. The number of ether oxygens (including phenoxy) is 1. The first-order valence-electron chi connectivity index (χ1n) is 7.40. The standard InChI is InChI=1S/C16H21N3O2/c17-14(16(20)19-8-11-5-6-21-10-11)7-12-9-18-15-4-2-1-3-13(12)15/h1-4,9,11,14,18H,5-8,10,17H2,(H,19,20)/t11?,14-/m1/s1. The summed E-state index contributed by atoms with van der Waals surface area (Å²) in [6.07, 6.45) is 3.48. The van der Waals surface area contributed by atoms with Crippen LogP contribution in [-0.4, -0.2) is 36.7 Å². The van der Waals surface area contributed by atoms with E-state index in [0.717, 1.165) is 36.1 Å². The Morgan fingerprint density at radius 3 is 3.14 bits per heavy atom. The number of aromatic amines is 1. The Balaban J connectivity index is 1.57. The Kier molecular flexibility index (Phi) is 4.22. The van der Waals surface area contributed by atoms with Gasteiger partial charge in [-0.15, -0.1) is 0 Å². The Morgan fingerprint density at radius 1 is 1.48 bits per heavy atom. The van der Waals surface area contributed by atoms with Gasteiger partial charge in [-0.1, -0.05) is 18.2 Å². The average Bonchev–Trinajstić information content (AvgIpc) is 3.15. The van der Waals surface area contributed by atoms with Crippen LogP contribution in [0.1, 0.15) is 12.0 Å². The first-order chi connectivity index (χ1) is 10.2. The van der Waals surface area contributed by atoms with Crippen LogP contribution in [0.3, 0.4) is 0 Å². The number of benzene rings is 1. The quantitative estimate of drug-likeness (QED) is 0.773. The fraction of sp³-hybridized carbons (Fsp3) is 0.438. The molecule has 5 nitrogen and oxygen atoms in total. The number of fused-ring (bicyclic) bond motifs is 1. The molecule has 1 aliphatic heterocycles. The van der Waals surface area contributed by atoms with Crippen LogP contribution in [0, 0.1) is 5.92 Å². The molecule has 0 saturated carbocycles. The first-order valence-corrected chi connectivity index (χ1v) is 7.40. The normalized spacial score (nSPS) is 19.8. The molecule has 0 spiro atoms. The van der Waals surface area contributed by atoms with Gasteiger partial charge in [-0.05, 0) is 24.5 Å². The predicted octanol–water partition coefficient (Wildman–Crippen LogP) is 1.19. The smallest absolute Gasteiger partial charge is 0.237 e. The Morgan fingerprint density at radius 2 is 2.33 bits per heavy atom. The molecule has 21 heavy (non-hydrogen) atoms. The van der Waals surface area contributed by atoms with Crippen molar-refractivity contribution in [2.24, 2.45) is 11.7 Å². The summed E-state index contributed by atoms with van der Waals surface area (Å²) in [6.45, 7) is 2.18. The molecule has 4 N–H and O–H groups in total. The zero-order valence-electron chi connectivity index (χ0n) is 12.0. The van der Waals surface area contributed by atoms with Crippen molar-refractivity contribution in [3.63, 3.8) is 0 Å². The summed E-state index contributed by atoms with van der Waals surface area (Å²) in [4.78, 5) is 15.3. The van der Waals surface area contributed by atoms with Crippen molar-refractivity contribution >= 4 is 16.8 Å². The minimum atomic E-state index is -0.522. The summed E-state index contributed by atoms with van der Waals surface area (Å²) in [5, 5.41) is 4.06. The fourth-order valence-electron chi connectivity index (χ4n) is 2.75. The summed E-state index contributed by atoms with van der Waals surface area (Å²) in [6, 6.07) is 7.52. The number of hydrogen-bond acceptors (Lipinski definition) is 3. The molecule has 1 aliphatic rings. The summed E-state index contributed by atoms with van der Waals surface area (Å²) >= 11 is 0. The van der Waals surface area contributed by atoms with Crippen molar-refractivity contribution in [1.29, 1.82) is 0 Å². The number of rotatable bonds is 5. The van der Waals surface area contributed by atoms with Crippen LogP contribution in [0.5, 0.6) is 0 Å². The van der Waals surface area contributed by atoms with E-state index in [2.05, 4.69) is 10.3 Å². The summed E-state index contributed by atoms with van der Waals surface area (Å²) in [5.41, 5.74) is 8.18. The van der Waals surface area contributed by atoms with Crippen LogP contribution in [0.15, 0.2) is 30.5 Å². The number of carbonyl (C=O) groups is 1. The molecule has 3 rings (SSSR count). The van der Waals surface area contributed by atoms with Crippen molar-refractivity contribution < 1.29 is 9.53 Å². The van der Waals surface area contributed by atoms with Crippen LogP contribution in [0.4, 0.5) is 0 Å². The maximum Gasteiger partial charge on any atom is 0.237 e. The molecule has 1 unspecified atom stereocenters. The first kappa shape index (κ1) is 14.1. The van der Waals surface area contributed by atoms with Crippen molar-refractivity contribution in [3.8, 4) is 0 Å². The van der Waals surface area contributed by atoms with Crippen molar-refractivity contribution in [2.45, 2.75) is 18.9 Å². The number of H-pyrrole nitrogens is 1.